The lowest BCUT2D eigenvalue weighted by atomic mass is 9.75. The number of ether oxygens (including phenoxy) is 3. The fourth-order valence-corrected chi connectivity index (χ4v) is 2.47. The summed E-state index contributed by atoms with van der Waals surface area (Å²) in [5.41, 5.74) is 0.378. The first kappa shape index (κ1) is 15.0. The van der Waals surface area contributed by atoms with Gasteiger partial charge in [0, 0.05) is 20.6 Å². The monoisotopic (exact) mass is 278 g/mol. The topological polar surface area (TPSA) is 44.8 Å². The Morgan fingerprint density at radius 1 is 1.20 bits per heavy atom. The van der Waals surface area contributed by atoms with E-state index in [1.54, 1.807) is 14.2 Å². The number of methoxy groups -OCH3 is 2. The first-order chi connectivity index (χ1) is 9.71. The summed E-state index contributed by atoms with van der Waals surface area (Å²) >= 11 is 0. The highest BCUT2D eigenvalue weighted by molar-refractivity contribution is 5.99. The maximum absolute atomic E-state index is 12.5. The maximum atomic E-state index is 12.5. The van der Waals surface area contributed by atoms with Gasteiger partial charge in [-0.1, -0.05) is 12.1 Å². The van der Waals surface area contributed by atoms with Crippen LogP contribution in [-0.4, -0.2) is 38.8 Å². The molecule has 0 amide bonds. The molecule has 0 radical (unpaired) electrons. The summed E-state index contributed by atoms with van der Waals surface area (Å²) in [5, 5.41) is 0. The number of benzene rings is 1. The number of hydrogen-bond donors (Lipinski definition) is 0. The van der Waals surface area contributed by atoms with Crippen LogP contribution in [0, 0.1) is 0 Å². The molecule has 1 aliphatic carbocycles. The average Bonchev–Trinajstić information content (AvgIpc) is 2.43. The SMILES string of the molecule is COCCOc1ccccc1C(=O)CC1(OC)CCC1. The first-order valence-electron chi connectivity index (χ1n) is 7.00. The third kappa shape index (κ3) is 3.38. The summed E-state index contributed by atoms with van der Waals surface area (Å²) in [7, 11) is 3.31. The molecule has 110 valence electrons. The third-order valence-electron chi connectivity index (χ3n) is 3.91. The number of carbonyl (C=O) groups is 1. The van der Waals surface area contributed by atoms with Gasteiger partial charge in [0.05, 0.1) is 17.8 Å². The molecule has 0 heterocycles. The molecule has 2 rings (SSSR count). The third-order valence-corrected chi connectivity index (χ3v) is 3.91. The van der Waals surface area contributed by atoms with Crippen LogP contribution < -0.4 is 4.74 Å². The molecule has 1 aliphatic rings. The molecule has 1 fully saturated rings. The lowest BCUT2D eigenvalue weighted by Gasteiger charge is -2.40. The summed E-state index contributed by atoms with van der Waals surface area (Å²) in [4.78, 5) is 12.5. The van der Waals surface area contributed by atoms with E-state index in [-0.39, 0.29) is 11.4 Å². The summed E-state index contributed by atoms with van der Waals surface area (Å²) in [6.45, 7) is 0.945. The highest BCUT2D eigenvalue weighted by Crippen LogP contribution is 2.39. The van der Waals surface area contributed by atoms with E-state index in [4.69, 9.17) is 14.2 Å². The van der Waals surface area contributed by atoms with Crippen molar-refractivity contribution in [3.05, 3.63) is 29.8 Å². The molecule has 1 aromatic rings. The molecule has 0 saturated heterocycles. The Kier molecular flexibility index (Phi) is 5.15. The van der Waals surface area contributed by atoms with Crippen molar-refractivity contribution in [3.63, 3.8) is 0 Å². The summed E-state index contributed by atoms with van der Waals surface area (Å²) in [5.74, 6) is 0.708. The smallest absolute Gasteiger partial charge is 0.169 e. The molecule has 1 aromatic carbocycles. The molecule has 0 N–H and O–H groups in total. The van der Waals surface area contributed by atoms with Gasteiger partial charge in [0.2, 0.25) is 0 Å². The number of para-hydroxylation sites is 1. The molecular formula is C16H22O4. The summed E-state index contributed by atoms with van der Waals surface area (Å²) in [6.07, 6.45) is 3.48. The van der Waals surface area contributed by atoms with Crippen molar-refractivity contribution in [3.8, 4) is 5.75 Å². The largest absolute Gasteiger partial charge is 0.490 e. The van der Waals surface area contributed by atoms with Crippen molar-refractivity contribution < 1.29 is 19.0 Å². The van der Waals surface area contributed by atoms with E-state index in [1.807, 2.05) is 24.3 Å². The quantitative estimate of drug-likeness (QED) is 0.542. The second-order valence-corrected chi connectivity index (χ2v) is 5.18. The van der Waals surface area contributed by atoms with Crippen LogP contribution in [0.25, 0.3) is 0 Å². The molecule has 0 unspecified atom stereocenters. The lowest BCUT2D eigenvalue weighted by molar-refractivity contribution is -0.0705. The van der Waals surface area contributed by atoms with Gasteiger partial charge in [-0.2, -0.15) is 0 Å². The molecule has 0 spiro atoms. The van der Waals surface area contributed by atoms with Gasteiger partial charge in [-0.15, -0.1) is 0 Å². The number of ketones is 1. The first-order valence-corrected chi connectivity index (χ1v) is 7.00. The van der Waals surface area contributed by atoms with Gasteiger partial charge in [-0.25, -0.2) is 0 Å². The average molecular weight is 278 g/mol. The van der Waals surface area contributed by atoms with Crippen LogP contribution in [0.1, 0.15) is 36.0 Å². The van der Waals surface area contributed by atoms with Crippen LogP contribution in [0.4, 0.5) is 0 Å². The second kappa shape index (κ2) is 6.86. The summed E-state index contributed by atoms with van der Waals surface area (Å²) in [6, 6.07) is 7.36. The number of carbonyl (C=O) groups excluding carboxylic acids is 1. The Hall–Kier alpha value is -1.39. The van der Waals surface area contributed by atoms with Crippen molar-refractivity contribution >= 4 is 5.78 Å². The highest BCUT2D eigenvalue weighted by Gasteiger charge is 2.39. The Bertz CT molecular complexity index is 446. The van der Waals surface area contributed by atoms with Crippen molar-refractivity contribution in [2.75, 3.05) is 27.4 Å². The van der Waals surface area contributed by atoms with Crippen LogP contribution in [-0.2, 0) is 9.47 Å². The molecule has 4 heteroatoms. The fourth-order valence-electron chi connectivity index (χ4n) is 2.47. The Balaban J connectivity index is 2.05. The Morgan fingerprint density at radius 2 is 1.95 bits per heavy atom. The van der Waals surface area contributed by atoms with Crippen LogP contribution in [0.3, 0.4) is 0 Å². The Labute approximate surface area is 120 Å². The van der Waals surface area contributed by atoms with Gasteiger partial charge in [-0.3, -0.25) is 4.79 Å². The van der Waals surface area contributed by atoms with E-state index >= 15 is 0 Å². The van der Waals surface area contributed by atoms with Crippen molar-refractivity contribution in [2.24, 2.45) is 0 Å². The molecule has 4 nitrogen and oxygen atoms in total. The Morgan fingerprint density at radius 3 is 2.55 bits per heavy atom. The van der Waals surface area contributed by atoms with E-state index in [2.05, 4.69) is 0 Å². The molecule has 20 heavy (non-hydrogen) atoms. The zero-order chi connectivity index (χ0) is 14.4. The van der Waals surface area contributed by atoms with Gasteiger partial charge in [0.25, 0.3) is 0 Å². The molecular weight excluding hydrogens is 256 g/mol. The molecule has 1 saturated carbocycles. The van der Waals surface area contributed by atoms with Gasteiger partial charge < -0.3 is 14.2 Å². The van der Waals surface area contributed by atoms with E-state index < -0.39 is 0 Å². The van der Waals surface area contributed by atoms with Gasteiger partial charge in [0.15, 0.2) is 5.78 Å². The van der Waals surface area contributed by atoms with Crippen LogP contribution >= 0.6 is 0 Å². The van der Waals surface area contributed by atoms with Gasteiger partial charge in [-0.05, 0) is 31.4 Å². The predicted octanol–water partition coefficient (Wildman–Crippen LogP) is 2.85. The van der Waals surface area contributed by atoms with E-state index in [1.165, 1.54) is 0 Å². The fraction of sp³-hybridized carbons (Fsp3) is 0.562. The van der Waals surface area contributed by atoms with Crippen molar-refractivity contribution in [1.82, 2.24) is 0 Å². The molecule has 0 atom stereocenters. The van der Waals surface area contributed by atoms with E-state index in [0.717, 1.165) is 19.3 Å². The minimum absolute atomic E-state index is 0.0829. The van der Waals surface area contributed by atoms with Crippen LogP contribution in [0.5, 0.6) is 5.75 Å². The second-order valence-electron chi connectivity index (χ2n) is 5.18. The minimum Gasteiger partial charge on any atom is -0.490 e. The normalized spacial score (nSPS) is 16.5. The highest BCUT2D eigenvalue weighted by atomic mass is 16.5. The standard InChI is InChI=1S/C16H22O4/c1-18-10-11-20-15-7-4-3-6-13(15)14(17)12-16(19-2)8-5-9-16/h3-4,6-7H,5,8-12H2,1-2H3. The van der Waals surface area contributed by atoms with Crippen molar-refractivity contribution in [2.45, 2.75) is 31.3 Å². The number of hydrogen-bond acceptors (Lipinski definition) is 4. The lowest BCUT2D eigenvalue weighted by Crippen LogP contribution is -2.41. The molecule has 0 aromatic heterocycles. The molecule has 0 bridgehead atoms. The van der Waals surface area contributed by atoms with Gasteiger partial charge in [0.1, 0.15) is 12.4 Å². The number of rotatable bonds is 8. The predicted molar refractivity (Wildman–Crippen MR) is 76.4 cm³/mol. The summed E-state index contributed by atoms with van der Waals surface area (Å²) < 4.78 is 16.1. The molecule has 0 aliphatic heterocycles. The van der Waals surface area contributed by atoms with Crippen LogP contribution in [0.2, 0.25) is 0 Å². The van der Waals surface area contributed by atoms with E-state index in [0.29, 0.717) is 30.9 Å². The zero-order valence-corrected chi connectivity index (χ0v) is 12.2. The van der Waals surface area contributed by atoms with Crippen LogP contribution in [0.15, 0.2) is 24.3 Å². The minimum atomic E-state index is -0.253. The maximum Gasteiger partial charge on any atom is 0.169 e. The number of Topliss-reactive ketones (excluding diaryl/α,β-unsaturated/α-hetero) is 1. The van der Waals surface area contributed by atoms with E-state index in [9.17, 15) is 4.79 Å². The zero-order valence-electron chi connectivity index (χ0n) is 12.2. The van der Waals surface area contributed by atoms with Gasteiger partial charge >= 0.3 is 0 Å². The van der Waals surface area contributed by atoms with Crippen molar-refractivity contribution in [1.29, 1.82) is 0 Å².